The molecule has 1 saturated heterocycles. The fraction of sp³-hybridized carbons (Fsp3) is 0.269. The zero-order chi connectivity index (χ0) is 20.8. The summed E-state index contributed by atoms with van der Waals surface area (Å²) in [5.41, 5.74) is 5.08. The maximum Gasteiger partial charge on any atom is 0.251 e. The first kappa shape index (κ1) is 20.0. The molecule has 1 heterocycles. The van der Waals surface area contributed by atoms with Crippen molar-refractivity contribution in [3.8, 4) is 0 Å². The third kappa shape index (κ3) is 5.01. The van der Waals surface area contributed by atoms with Crippen LogP contribution in [0.3, 0.4) is 0 Å². The summed E-state index contributed by atoms with van der Waals surface area (Å²) >= 11 is 0. The molecule has 154 valence electrons. The third-order valence-corrected chi connectivity index (χ3v) is 5.61. The molecule has 1 aliphatic rings. The highest BCUT2D eigenvalue weighted by atomic mass is 16.2. The first-order valence-electron chi connectivity index (χ1n) is 10.7. The van der Waals surface area contributed by atoms with Crippen molar-refractivity contribution in [3.05, 3.63) is 90.0 Å². The number of nitrogens with zero attached hydrogens (tertiary/aromatic N) is 1. The molecule has 1 fully saturated rings. The molecule has 0 bridgehead atoms. The van der Waals surface area contributed by atoms with E-state index in [0.717, 1.165) is 30.0 Å². The molecule has 4 nitrogen and oxygen atoms in total. The van der Waals surface area contributed by atoms with E-state index < -0.39 is 6.04 Å². The van der Waals surface area contributed by atoms with Gasteiger partial charge in [0.1, 0.15) is 6.04 Å². The van der Waals surface area contributed by atoms with Crippen molar-refractivity contribution in [1.82, 2.24) is 0 Å². The minimum absolute atomic E-state index is 0.0786. The fourth-order valence-corrected chi connectivity index (χ4v) is 3.88. The number of aryl methyl sites for hydroxylation is 1. The number of hydrogen-bond acceptors (Lipinski definition) is 3. The Hall–Kier alpha value is -3.27. The van der Waals surface area contributed by atoms with Crippen LogP contribution in [-0.4, -0.2) is 19.0 Å². The van der Waals surface area contributed by atoms with Crippen LogP contribution in [0.5, 0.6) is 0 Å². The van der Waals surface area contributed by atoms with Gasteiger partial charge in [0, 0.05) is 30.2 Å². The van der Waals surface area contributed by atoms with Gasteiger partial charge in [0.15, 0.2) is 0 Å². The molecule has 0 aromatic heterocycles. The summed E-state index contributed by atoms with van der Waals surface area (Å²) in [4.78, 5) is 15.6. The molecule has 0 radical (unpaired) electrons. The van der Waals surface area contributed by atoms with E-state index in [1.165, 1.54) is 30.5 Å². The maximum atomic E-state index is 13.1. The predicted octanol–water partition coefficient (Wildman–Crippen LogP) is 5.78. The number of amides is 1. The van der Waals surface area contributed by atoms with Crippen LogP contribution in [0.15, 0.2) is 78.9 Å². The lowest BCUT2D eigenvalue weighted by molar-refractivity contribution is -0.117. The van der Waals surface area contributed by atoms with Gasteiger partial charge in [-0.3, -0.25) is 4.79 Å². The van der Waals surface area contributed by atoms with E-state index in [9.17, 15) is 4.79 Å². The molecule has 0 saturated carbocycles. The van der Waals surface area contributed by atoms with Crippen LogP contribution in [0.2, 0.25) is 0 Å². The average Bonchev–Trinajstić information content (AvgIpc) is 2.80. The van der Waals surface area contributed by atoms with Crippen molar-refractivity contribution in [2.45, 2.75) is 32.2 Å². The molecule has 0 spiro atoms. The van der Waals surface area contributed by atoms with Crippen LogP contribution in [0, 0.1) is 6.92 Å². The summed E-state index contributed by atoms with van der Waals surface area (Å²) < 4.78 is 0. The van der Waals surface area contributed by atoms with Gasteiger partial charge in [-0.25, -0.2) is 0 Å². The number of benzene rings is 3. The molecule has 0 unspecified atom stereocenters. The molecule has 1 aliphatic heterocycles. The van der Waals surface area contributed by atoms with Crippen LogP contribution < -0.4 is 15.5 Å². The summed E-state index contributed by atoms with van der Waals surface area (Å²) in [6.07, 6.45) is 3.84. The van der Waals surface area contributed by atoms with Crippen molar-refractivity contribution in [2.24, 2.45) is 0 Å². The molecule has 30 heavy (non-hydrogen) atoms. The Balaban J connectivity index is 1.51. The van der Waals surface area contributed by atoms with E-state index in [-0.39, 0.29) is 5.91 Å². The Bertz CT molecular complexity index is 946. The topological polar surface area (TPSA) is 44.4 Å². The van der Waals surface area contributed by atoms with Crippen molar-refractivity contribution in [2.75, 3.05) is 28.6 Å². The monoisotopic (exact) mass is 399 g/mol. The van der Waals surface area contributed by atoms with E-state index in [0.29, 0.717) is 0 Å². The van der Waals surface area contributed by atoms with E-state index >= 15 is 0 Å². The van der Waals surface area contributed by atoms with Gasteiger partial charge in [-0.05, 0) is 68.1 Å². The Morgan fingerprint density at radius 2 is 1.43 bits per heavy atom. The average molecular weight is 400 g/mol. The lowest BCUT2D eigenvalue weighted by Crippen LogP contribution is -2.29. The van der Waals surface area contributed by atoms with Gasteiger partial charge < -0.3 is 15.5 Å². The number of carbonyl (C=O) groups excluding carboxylic acids is 1. The zero-order valence-corrected chi connectivity index (χ0v) is 17.5. The van der Waals surface area contributed by atoms with Gasteiger partial charge in [0.2, 0.25) is 0 Å². The molecule has 3 aromatic rings. The van der Waals surface area contributed by atoms with Crippen molar-refractivity contribution >= 4 is 23.0 Å². The Labute approximate surface area is 178 Å². The largest absolute Gasteiger partial charge is 0.372 e. The van der Waals surface area contributed by atoms with Gasteiger partial charge in [-0.2, -0.15) is 0 Å². The highest BCUT2D eigenvalue weighted by Gasteiger charge is 2.21. The maximum absolute atomic E-state index is 13.1. The Morgan fingerprint density at radius 3 is 2.10 bits per heavy atom. The van der Waals surface area contributed by atoms with E-state index in [4.69, 9.17) is 0 Å². The van der Waals surface area contributed by atoms with Gasteiger partial charge >= 0.3 is 0 Å². The third-order valence-electron chi connectivity index (χ3n) is 5.61. The number of piperidine rings is 1. The molecule has 3 aromatic carbocycles. The minimum Gasteiger partial charge on any atom is -0.372 e. The second-order valence-electron chi connectivity index (χ2n) is 7.94. The first-order valence-corrected chi connectivity index (χ1v) is 10.7. The van der Waals surface area contributed by atoms with Gasteiger partial charge in [0.25, 0.3) is 5.91 Å². The highest BCUT2D eigenvalue weighted by Crippen LogP contribution is 2.25. The smallest absolute Gasteiger partial charge is 0.251 e. The molecule has 4 rings (SSSR count). The molecule has 1 atom stereocenters. The highest BCUT2D eigenvalue weighted by molar-refractivity contribution is 5.97. The standard InChI is InChI=1S/C26H29N3O/c1-20-10-12-23(13-11-20)28-26(30)25(21-8-4-2-5-9-21)27-22-14-16-24(17-15-22)29-18-6-3-7-19-29/h2,4-5,8-17,25,27H,3,6-7,18-19H2,1H3,(H,28,30)/t25-/m0/s1. The van der Waals surface area contributed by atoms with Crippen molar-refractivity contribution in [1.29, 1.82) is 0 Å². The number of anilines is 3. The van der Waals surface area contributed by atoms with Crippen molar-refractivity contribution in [3.63, 3.8) is 0 Å². The van der Waals surface area contributed by atoms with Crippen LogP contribution in [-0.2, 0) is 4.79 Å². The lowest BCUT2D eigenvalue weighted by atomic mass is 10.1. The number of hydrogen-bond donors (Lipinski definition) is 2. The van der Waals surface area contributed by atoms with Gasteiger partial charge in [-0.1, -0.05) is 48.0 Å². The first-order chi connectivity index (χ1) is 14.7. The Morgan fingerprint density at radius 1 is 0.800 bits per heavy atom. The molecular formula is C26H29N3O. The lowest BCUT2D eigenvalue weighted by Gasteiger charge is -2.29. The number of rotatable bonds is 6. The minimum atomic E-state index is -0.478. The fourth-order valence-electron chi connectivity index (χ4n) is 3.88. The Kier molecular flexibility index (Phi) is 6.33. The van der Waals surface area contributed by atoms with E-state index in [1.807, 2.05) is 61.5 Å². The second kappa shape index (κ2) is 9.49. The molecular weight excluding hydrogens is 370 g/mol. The molecule has 1 amide bonds. The van der Waals surface area contributed by atoms with Crippen LogP contribution in [0.1, 0.15) is 36.4 Å². The van der Waals surface area contributed by atoms with Crippen molar-refractivity contribution < 1.29 is 4.79 Å². The van der Waals surface area contributed by atoms with Crippen LogP contribution >= 0.6 is 0 Å². The molecule has 4 heteroatoms. The zero-order valence-electron chi connectivity index (χ0n) is 17.5. The summed E-state index contributed by atoms with van der Waals surface area (Å²) in [6.45, 7) is 4.28. The van der Waals surface area contributed by atoms with Crippen LogP contribution in [0.25, 0.3) is 0 Å². The number of carbonyl (C=O) groups is 1. The molecule has 0 aliphatic carbocycles. The molecule has 2 N–H and O–H groups in total. The number of nitrogens with one attached hydrogen (secondary N) is 2. The van der Waals surface area contributed by atoms with Crippen LogP contribution in [0.4, 0.5) is 17.1 Å². The summed E-state index contributed by atoms with van der Waals surface area (Å²) in [7, 11) is 0. The van der Waals surface area contributed by atoms with Gasteiger partial charge in [0.05, 0.1) is 0 Å². The summed E-state index contributed by atoms with van der Waals surface area (Å²) in [6, 6.07) is 25.7. The second-order valence-corrected chi connectivity index (χ2v) is 7.94. The van der Waals surface area contributed by atoms with Gasteiger partial charge in [-0.15, -0.1) is 0 Å². The SMILES string of the molecule is Cc1ccc(NC(=O)[C@@H](Nc2ccc(N3CCCCC3)cc2)c2ccccc2)cc1. The normalized spacial score (nSPS) is 14.8. The van der Waals surface area contributed by atoms with E-state index in [1.54, 1.807) is 0 Å². The quantitative estimate of drug-likeness (QED) is 0.552. The summed E-state index contributed by atoms with van der Waals surface area (Å²) in [5.74, 6) is -0.0786. The summed E-state index contributed by atoms with van der Waals surface area (Å²) in [5, 5.41) is 6.47. The van der Waals surface area contributed by atoms with E-state index in [2.05, 4.69) is 39.8 Å². The predicted molar refractivity (Wildman–Crippen MR) is 125 cm³/mol.